The molecule has 0 spiro atoms. The molecule has 1 N–H and O–H groups in total. The van der Waals surface area contributed by atoms with E-state index < -0.39 is 0 Å². The monoisotopic (exact) mass is 493 g/mol. The lowest BCUT2D eigenvalue weighted by Gasteiger charge is -2.48. The van der Waals surface area contributed by atoms with Crippen molar-refractivity contribution in [1.82, 2.24) is 15.1 Å². The molecule has 2 amide bonds. The summed E-state index contributed by atoms with van der Waals surface area (Å²) in [5.41, 5.74) is 1.61. The minimum Gasteiger partial charge on any atom is -0.497 e. The van der Waals surface area contributed by atoms with Gasteiger partial charge in [-0.15, -0.1) is 0 Å². The van der Waals surface area contributed by atoms with Crippen LogP contribution in [0.5, 0.6) is 0 Å². The van der Waals surface area contributed by atoms with E-state index in [1.165, 1.54) is 0 Å². The molecule has 1 aromatic rings. The molecule has 1 aliphatic rings. The fraction of sp³-hybridized carbons (Fsp3) is 0.500. The van der Waals surface area contributed by atoms with E-state index in [1.54, 1.807) is 19.3 Å². The topological polar surface area (TPSA) is 44.8 Å². The SMILES string of the molecule is C=C/C(=C\C(=C/C)OC)CN(C(=O)N[C@H](C)c1cccc(Cl)c1Cl)C1CCN(C)CC1(C)C. The number of benzene rings is 1. The van der Waals surface area contributed by atoms with Gasteiger partial charge in [0.25, 0.3) is 0 Å². The molecule has 1 aliphatic heterocycles. The highest BCUT2D eigenvalue weighted by molar-refractivity contribution is 6.42. The van der Waals surface area contributed by atoms with Crippen molar-refractivity contribution in [3.8, 4) is 0 Å². The number of urea groups is 1. The number of methoxy groups -OCH3 is 1. The number of rotatable bonds is 8. The molecule has 2 atom stereocenters. The van der Waals surface area contributed by atoms with Crippen molar-refractivity contribution in [2.24, 2.45) is 5.41 Å². The Morgan fingerprint density at radius 2 is 2.12 bits per heavy atom. The number of nitrogens with zero attached hydrogens (tertiary/aromatic N) is 2. The number of carbonyl (C=O) groups is 1. The first kappa shape index (κ1) is 27.3. The molecule has 1 aromatic carbocycles. The van der Waals surface area contributed by atoms with E-state index in [2.05, 4.69) is 37.7 Å². The minimum atomic E-state index is -0.304. The first-order valence-electron chi connectivity index (χ1n) is 11.3. The van der Waals surface area contributed by atoms with E-state index in [0.29, 0.717) is 16.6 Å². The van der Waals surface area contributed by atoms with Crippen LogP contribution in [0.15, 0.2) is 54.3 Å². The van der Waals surface area contributed by atoms with Gasteiger partial charge in [0.2, 0.25) is 0 Å². The summed E-state index contributed by atoms with van der Waals surface area (Å²) < 4.78 is 5.41. The Hall–Kier alpha value is -1.95. The fourth-order valence-corrected chi connectivity index (χ4v) is 5.00. The molecule has 2 rings (SSSR count). The van der Waals surface area contributed by atoms with E-state index >= 15 is 0 Å². The van der Waals surface area contributed by atoms with Gasteiger partial charge in [-0.25, -0.2) is 4.79 Å². The summed E-state index contributed by atoms with van der Waals surface area (Å²) in [5.74, 6) is 0.729. The average Bonchev–Trinajstić information content (AvgIpc) is 2.75. The van der Waals surface area contributed by atoms with Crippen LogP contribution < -0.4 is 5.32 Å². The van der Waals surface area contributed by atoms with Gasteiger partial charge in [0, 0.05) is 19.1 Å². The highest BCUT2D eigenvalue weighted by atomic mass is 35.5. The Labute approximate surface area is 209 Å². The van der Waals surface area contributed by atoms with Crippen molar-refractivity contribution < 1.29 is 9.53 Å². The highest BCUT2D eigenvalue weighted by Gasteiger charge is 2.40. The molecule has 0 bridgehead atoms. The second-order valence-electron chi connectivity index (χ2n) is 9.29. The summed E-state index contributed by atoms with van der Waals surface area (Å²) in [7, 11) is 3.76. The number of hydrogen-bond acceptors (Lipinski definition) is 3. The lowest BCUT2D eigenvalue weighted by atomic mass is 9.78. The molecular weight excluding hydrogens is 457 g/mol. The Balaban J connectivity index is 2.37. The molecule has 1 heterocycles. The second kappa shape index (κ2) is 12.0. The van der Waals surface area contributed by atoms with Gasteiger partial charge in [-0.3, -0.25) is 0 Å². The zero-order valence-electron chi connectivity index (χ0n) is 20.6. The van der Waals surface area contributed by atoms with Crippen LogP contribution in [0, 0.1) is 5.41 Å². The number of amides is 2. The number of piperidine rings is 1. The number of likely N-dealkylation sites (tertiary alicyclic amines) is 1. The Bertz CT molecular complexity index is 911. The van der Waals surface area contributed by atoms with Gasteiger partial charge in [0.05, 0.1) is 23.2 Å². The van der Waals surface area contributed by atoms with Crippen LogP contribution in [0.1, 0.15) is 45.7 Å². The van der Waals surface area contributed by atoms with Gasteiger partial charge in [-0.05, 0) is 68.6 Å². The van der Waals surface area contributed by atoms with Crippen molar-refractivity contribution >= 4 is 29.2 Å². The molecule has 0 aliphatic carbocycles. The average molecular weight is 495 g/mol. The molecule has 0 saturated carbocycles. The van der Waals surface area contributed by atoms with E-state index in [1.807, 2.05) is 43.0 Å². The van der Waals surface area contributed by atoms with Crippen LogP contribution in [0.2, 0.25) is 10.0 Å². The lowest BCUT2D eigenvalue weighted by Crippen LogP contribution is -2.58. The molecule has 1 fully saturated rings. The molecule has 1 saturated heterocycles. The Kier molecular flexibility index (Phi) is 9.89. The van der Waals surface area contributed by atoms with E-state index in [-0.39, 0.29) is 23.5 Å². The number of ether oxygens (including phenoxy) is 1. The van der Waals surface area contributed by atoms with E-state index in [4.69, 9.17) is 27.9 Å². The minimum absolute atomic E-state index is 0.0516. The van der Waals surface area contributed by atoms with Gasteiger partial charge < -0.3 is 19.9 Å². The standard InChI is InChI=1S/C26H37Cl2N3O2/c1-8-19(15-20(9-2)33-7)16-31(23-13-14-30(6)17-26(23,4)5)25(32)29-18(3)21-11-10-12-22(27)24(21)28/h8-12,15,18,23H,1,13-14,16-17H2,2-7H3,(H,29,32)/b19-15+,20-9+/t18-,23?/m1/s1. The summed E-state index contributed by atoms with van der Waals surface area (Å²) in [5, 5.41) is 4.08. The maximum absolute atomic E-state index is 13.7. The van der Waals surface area contributed by atoms with E-state index in [9.17, 15) is 4.79 Å². The number of halogens is 2. The Morgan fingerprint density at radius 1 is 1.42 bits per heavy atom. The second-order valence-corrected chi connectivity index (χ2v) is 10.1. The largest absolute Gasteiger partial charge is 0.497 e. The summed E-state index contributed by atoms with van der Waals surface area (Å²) in [6.45, 7) is 14.5. The fourth-order valence-electron chi connectivity index (χ4n) is 4.52. The smallest absolute Gasteiger partial charge is 0.318 e. The molecule has 5 nitrogen and oxygen atoms in total. The highest BCUT2D eigenvalue weighted by Crippen LogP contribution is 2.34. The number of allylic oxidation sites excluding steroid dienone is 2. The predicted octanol–water partition coefficient (Wildman–Crippen LogP) is 6.46. The van der Waals surface area contributed by atoms with Gasteiger partial charge in [0.15, 0.2) is 0 Å². The van der Waals surface area contributed by atoms with Crippen molar-refractivity contribution in [3.63, 3.8) is 0 Å². The first-order chi connectivity index (χ1) is 15.5. The van der Waals surface area contributed by atoms with Crippen molar-refractivity contribution in [2.75, 3.05) is 33.8 Å². The number of nitrogens with one attached hydrogen (secondary N) is 1. The molecule has 0 radical (unpaired) electrons. The lowest BCUT2D eigenvalue weighted by molar-refractivity contribution is 0.0376. The van der Waals surface area contributed by atoms with Crippen LogP contribution in [0.25, 0.3) is 0 Å². The van der Waals surface area contributed by atoms with Gasteiger partial charge in [-0.1, -0.05) is 61.8 Å². The third kappa shape index (κ3) is 7.02. The van der Waals surface area contributed by atoms with Crippen LogP contribution in [-0.4, -0.2) is 55.7 Å². The molecule has 33 heavy (non-hydrogen) atoms. The third-order valence-corrected chi connectivity index (χ3v) is 7.09. The van der Waals surface area contributed by atoms with Gasteiger partial charge in [-0.2, -0.15) is 0 Å². The van der Waals surface area contributed by atoms with E-state index in [0.717, 1.165) is 36.4 Å². The van der Waals surface area contributed by atoms with Crippen LogP contribution in [-0.2, 0) is 4.74 Å². The predicted molar refractivity (Wildman–Crippen MR) is 139 cm³/mol. The first-order valence-corrected chi connectivity index (χ1v) is 12.0. The van der Waals surface area contributed by atoms with Gasteiger partial charge >= 0.3 is 6.03 Å². The zero-order chi connectivity index (χ0) is 24.8. The molecule has 1 unspecified atom stereocenters. The molecule has 7 heteroatoms. The van der Waals surface area contributed by atoms with Crippen LogP contribution in [0.3, 0.4) is 0 Å². The normalized spacial score (nSPS) is 20.2. The molecule has 182 valence electrons. The summed E-state index contributed by atoms with van der Waals surface area (Å²) in [6.07, 6.45) is 6.47. The number of carbonyl (C=O) groups excluding carboxylic acids is 1. The van der Waals surface area contributed by atoms with Crippen molar-refractivity contribution in [2.45, 2.75) is 46.2 Å². The maximum Gasteiger partial charge on any atom is 0.318 e. The maximum atomic E-state index is 13.7. The molecule has 0 aromatic heterocycles. The Morgan fingerprint density at radius 3 is 2.70 bits per heavy atom. The summed E-state index contributed by atoms with van der Waals surface area (Å²) >= 11 is 12.6. The van der Waals surface area contributed by atoms with Crippen molar-refractivity contribution in [1.29, 1.82) is 0 Å². The number of hydrogen-bond donors (Lipinski definition) is 1. The van der Waals surface area contributed by atoms with Crippen LogP contribution >= 0.6 is 23.2 Å². The quantitative estimate of drug-likeness (QED) is 0.333. The zero-order valence-corrected chi connectivity index (χ0v) is 22.1. The van der Waals surface area contributed by atoms with Crippen LogP contribution in [0.4, 0.5) is 4.79 Å². The molecular formula is C26H37Cl2N3O2. The summed E-state index contributed by atoms with van der Waals surface area (Å²) in [6, 6.07) is 5.07. The van der Waals surface area contributed by atoms with Gasteiger partial charge in [0.1, 0.15) is 5.76 Å². The third-order valence-electron chi connectivity index (χ3n) is 6.25. The van der Waals surface area contributed by atoms with Crippen molar-refractivity contribution in [3.05, 3.63) is 69.9 Å². The summed E-state index contributed by atoms with van der Waals surface area (Å²) in [4.78, 5) is 17.9.